The number of likely N-dealkylation sites (tertiary alicyclic amines) is 1. The maximum Gasteiger partial charge on any atom is 0.222 e. The topological polar surface area (TPSA) is 69.5 Å². The summed E-state index contributed by atoms with van der Waals surface area (Å²) in [6.45, 7) is 1.91. The molecule has 0 N–H and O–H groups in total. The van der Waals surface area contributed by atoms with Crippen LogP contribution in [0.1, 0.15) is 30.1 Å². The van der Waals surface area contributed by atoms with E-state index in [1.807, 2.05) is 33.8 Å². The molecule has 3 heterocycles. The Morgan fingerprint density at radius 3 is 3.16 bits per heavy atom. The number of aromatic nitrogens is 3. The molecule has 0 saturated carbocycles. The van der Waals surface area contributed by atoms with E-state index in [1.54, 1.807) is 13.3 Å². The predicted octanol–water partition coefficient (Wildman–Crippen LogP) is 1.59. The summed E-state index contributed by atoms with van der Waals surface area (Å²) < 4.78 is 13.2. The second-order valence-corrected chi connectivity index (χ2v) is 6.53. The van der Waals surface area contributed by atoms with Crippen molar-refractivity contribution in [3.63, 3.8) is 0 Å². The van der Waals surface area contributed by atoms with Gasteiger partial charge >= 0.3 is 0 Å². The summed E-state index contributed by atoms with van der Waals surface area (Å²) in [6.07, 6.45) is 3.84. The van der Waals surface area contributed by atoms with E-state index in [0.29, 0.717) is 26.0 Å². The van der Waals surface area contributed by atoms with Crippen LogP contribution in [0.4, 0.5) is 0 Å². The molecule has 1 aromatic carbocycles. The quantitative estimate of drug-likeness (QED) is 0.844. The molecule has 1 aromatic heterocycles. The Labute approximate surface area is 146 Å². The van der Waals surface area contributed by atoms with Crippen molar-refractivity contribution in [1.29, 1.82) is 0 Å². The number of hydrogen-bond acceptors (Lipinski definition) is 5. The first-order chi connectivity index (χ1) is 12.3. The minimum Gasteiger partial charge on any atom is -0.496 e. The number of carbonyl (C=O) groups is 1. The number of fused-ring (bicyclic) bond motifs is 3. The van der Waals surface area contributed by atoms with Gasteiger partial charge in [0, 0.05) is 19.5 Å². The Hall–Kier alpha value is -2.41. The number of ether oxygens (including phenoxy) is 2. The zero-order valence-corrected chi connectivity index (χ0v) is 14.3. The van der Waals surface area contributed by atoms with E-state index in [2.05, 4.69) is 10.3 Å². The lowest BCUT2D eigenvalue weighted by atomic mass is 9.99. The third-order valence-corrected chi connectivity index (χ3v) is 5.08. The lowest BCUT2D eigenvalue weighted by Gasteiger charge is -2.41. The fourth-order valence-corrected chi connectivity index (χ4v) is 3.71. The Balaban J connectivity index is 1.40. The zero-order valence-electron chi connectivity index (χ0n) is 14.3. The summed E-state index contributed by atoms with van der Waals surface area (Å²) in [7, 11) is 1.66. The van der Waals surface area contributed by atoms with Crippen molar-refractivity contribution < 1.29 is 14.3 Å². The van der Waals surface area contributed by atoms with Gasteiger partial charge in [-0.1, -0.05) is 23.4 Å². The molecule has 2 unspecified atom stereocenters. The molecule has 0 bridgehead atoms. The van der Waals surface area contributed by atoms with E-state index in [9.17, 15) is 4.79 Å². The zero-order chi connectivity index (χ0) is 17.2. The van der Waals surface area contributed by atoms with Crippen LogP contribution in [0.15, 0.2) is 30.5 Å². The summed E-state index contributed by atoms with van der Waals surface area (Å²) in [5, 5.41) is 8.16. The van der Waals surface area contributed by atoms with Gasteiger partial charge in [-0.05, 0) is 24.5 Å². The molecule has 1 amide bonds. The molecule has 1 fully saturated rings. The van der Waals surface area contributed by atoms with Gasteiger partial charge in [0.1, 0.15) is 5.75 Å². The summed E-state index contributed by atoms with van der Waals surface area (Å²) in [4.78, 5) is 14.6. The second kappa shape index (κ2) is 6.84. The third-order valence-electron chi connectivity index (χ3n) is 5.08. The lowest BCUT2D eigenvalue weighted by Crippen LogP contribution is -2.49. The van der Waals surface area contributed by atoms with Crippen LogP contribution in [0.25, 0.3) is 0 Å². The van der Waals surface area contributed by atoms with E-state index < -0.39 is 0 Å². The monoisotopic (exact) mass is 342 g/mol. The molecular weight excluding hydrogens is 320 g/mol. The van der Waals surface area contributed by atoms with Crippen LogP contribution >= 0.6 is 0 Å². The highest BCUT2D eigenvalue weighted by atomic mass is 16.5. The number of hydrogen-bond donors (Lipinski definition) is 0. The first kappa shape index (κ1) is 16.1. The van der Waals surface area contributed by atoms with Crippen molar-refractivity contribution in [2.24, 2.45) is 0 Å². The Morgan fingerprint density at radius 1 is 1.40 bits per heavy atom. The van der Waals surface area contributed by atoms with Gasteiger partial charge in [-0.25, -0.2) is 4.68 Å². The molecule has 7 nitrogen and oxygen atoms in total. The number of carbonyl (C=O) groups excluding carboxylic acids is 1. The largest absolute Gasteiger partial charge is 0.496 e. The second-order valence-electron chi connectivity index (χ2n) is 6.53. The molecule has 0 radical (unpaired) electrons. The maximum absolute atomic E-state index is 12.7. The number of benzene rings is 1. The fourth-order valence-electron chi connectivity index (χ4n) is 3.71. The molecule has 4 rings (SSSR count). The maximum atomic E-state index is 12.7. The fraction of sp³-hybridized carbons (Fsp3) is 0.500. The van der Waals surface area contributed by atoms with Crippen molar-refractivity contribution >= 4 is 5.91 Å². The van der Waals surface area contributed by atoms with E-state index in [1.165, 1.54) is 0 Å². The minimum absolute atomic E-state index is 0.0650. The van der Waals surface area contributed by atoms with Gasteiger partial charge in [-0.15, -0.1) is 5.10 Å². The SMILES string of the molecule is COc1ccccc1CCC(=O)N1CCC2OCc3cnnn3C2C1. The minimum atomic E-state index is 0.0650. The van der Waals surface area contributed by atoms with Gasteiger partial charge in [-0.2, -0.15) is 0 Å². The number of nitrogens with zero attached hydrogens (tertiary/aromatic N) is 4. The first-order valence-corrected chi connectivity index (χ1v) is 8.66. The summed E-state index contributed by atoms with van der Waals surface area (Å²) in [5.41, 5.74) is 2.04. The Morgan fingerprint density at radius 2 is 2.28 bits per heavy atom. The van der Waals surface area contributed by atoms with Gasteiger partial charge in [0.15, 0.2) is 0 Å². The first-order valence-electron chi connectivity index (χ1n) is 8.66. The van der Waals surface area contributed by atoms with Crippen LogP contribution in [0.5, 0.6) is 5.75 Å². The molecule has 2 atom stereocenters. The third kappa shape index (κ3) is 3.11. The van der Waals surface area contributed by atoms with Crippen LogP contribution < -0.4 is 4.74 Å². The molecule has 2 aliphatic heterocycles. The standard InChI is InChI=1S/C18H22N4O3/c1-24-16-5-3-2-4-13(16)6-7-18(23)21-9-8-17-15(11-21)22-14(12-25-17)10-19-20-22/h2-5,10,15,17H,6-9,11-12H2,1H3. The molecule has 2 aromatic rings. The highest BCUT2D eigenvalue weighted by Crippen LogP contribution is 2.30. The van der Waals surface area contributed by atoms with E-state index in [0.717, 1.165) is 30.0 Å². The average Bonchev–Trinajstić information content (AvgIpc) is 3.15. The van der Waals surface area contributed by atoms with Crippen molar-refractivity contribution in [3.05, 3.63) is 41.7 Å². The Bertz CT molecular complexity index is 760. The number of piperidine rings is 1. The number of aryl methyl sites for hydroxylation is 1. The molecule has 25 heavy (non-hydrogen) atoms. The number of para-hydroxylation sites is 1. The smallest absolute Gasteiger partial charge is 0.222 e. The van der Waals surface area contributed by atoms with Gasteiger partial charge in [0.05, 0.1) is 37.8 Å². The summed E-state index contributed by atoms with van der Waals surface area (Å²) in [6, 6.07) is 7.91. The summed E-state index contributed by atoms with van der Waals surface area (Å²) >= 11 is 0. The molecular formula is C18H22N4O3. The predicted molar refractivity (Wildman–Crippen MR) is 90.1 cm³/mol. The van der Waals surface area contributed by atoms with Gasteiger partial charge in [0.2, 0.25) is 5.91 Å². The molecule has 1 saturated heterocycles. The lowest BCUT2D eigenvalue weighted by molar-refractivity contribution is -0.138. The van der Waals surface area contributed by atoms with Gasteiger partial charge in [-0.3, -0.25) is 4.79 Å². The van der Waals surface area contributed by atoms with Crippen molar-refractivity contribution in [1.82, 2.24) is 19.9 Å². The van der Waals surface area contributed by atoms with E-state index in [-0.39, 0.29) is 18.1 Å². The van der Waals surface area contributed by atoms with Crippen LogP contribution in [0.3, 0.4) is 0 Å². The average molecular weight is 342 g/mol. The number of rotatable bonds is 4. The van der Waals surface area contributed by atoms with Crippen molar-refractivity contribution in [2.75, 3.05) is 20.2 Å². The molecule has 0 aliphatic carbocycles. The van der Waals surface area contributed by atoms with E-state index in [4.69, 9.17) is 9.47 Å². The molecule has 0 spiro atoms. The molecule has 132 valence electrons. The number of methoxy groups -OCH3 is 1. The highest BCUT2D eigenvalue weighted by Gasteiger charge is 2.37. The van der Waals surface area contributed by atoms with Crippen LogP contribution in [0.2, 0.25) is 0 Å². The van der Waals surface area contributed by atoms with Crippen LogP contribution in [0, 0.1) is 0 Å². The van der Waals surface area contributed by atoms with Crippen LogP contribution in [-0.2, 0) is 22.6 Å². The van der Waals surface area contributed by atoms with Crippen molar-refractivity contribution in [2.45, 2.75) is 38.0 Å². The van der Waals surface area contributed by atoms with Crippen LogP contribution in [-0.4, -0.2) is 52.1 Å². The van der Waals surface area contributed by atoms with Gasteiger partial charge in [0.25, 0.3) is 0 Å². The van der Waals surface area contributed by atoms with Crippen molar-refractivity contribution in [3.8, 4) is 5.75 Å². The molecule has 2 aliphatic rings. The highest BCUT2D eigenvalue weighted by molar-refractivity contribution is 5.76. The summed E-state index contributed by atoms with van der Waals surface area (Å²) in [5.74, 6) is 0.999. The van der Waals surface area contributed by atoms with Gasteiger partial charge < -0.3 is 14.4 Å². The van der Waals surface area contributed by atoms with E-state index >= 15 is 0 Å². The Kier molecular flexibility index (Phi) is 4.40. The normalized spacial score (nSPS) is 22.2. The number of amides is 1. The molecule has 7 heteroatoms.